The lowest BCUT2D eigenvalue weighted by molar-refractivity contribution is -0.161. The van der Waals surface area contributed by atoms with E-state index < -0.39 is 30.3 Å². The van der Waals surface area contributed by atoms with Gasteiger partial charge in [-0.2, -0.15) is 0 Å². The molecule has 0 bridgehead atoms. The van der Waals surface area contributed by atoms with E-state index in [0.717, 1.165) is 11.3 Å². The zero-order chi connectivity index (χ0) is 18.2. The van der Waals surface area contributed by atoms with Crippen molar-refractivity contribution >= 4 is 11.9 Å². The van der Waals surface area contributed by atoms with Crippen LogP contribution in [0.2, 0.25) is 0 Å². The first kappa shape index (κ1) is 18.6. The largest absolute Gasteiger partial charge is 0.497 e. The van der Waals surface area contributed by atoms with Crippen LogP contribution in [0, 0.1) is 11.8 Å². The molecule has 1 aliphatic rings. The first-order valence-electron chi connectivity index (χ1n) is 7.78. The summed E-state index contributed by atoms with van der Waals surface area (Å²) in [5.41, 5.74) is 0.787. The van der Waals surface area contributed by atoms with Crippen molar-refractivity contribution in [1.29, 1.82) is 0 Å². The van der Waals surface area contributed by atoms with Gasteiger partial charge in [0.1, 0.15) is 30.7 Å². The minimum Gasteiger partial charge on any atom is -0.497 e. The van der Waals surface area contributed by atoms with Crippen LogP contribution in [-0.2, 0) is 23.8 Å². The Morgan fingerprint density at radius 1 is 1.20 bits per heavy atom. The van der Waals surface area contributed by atoms with Crippen LogP contribution in [0.25, 0.3) is 0 Å². The van der Waals surface area contributed by atoms with Gasteiger partial charge in [0.25, 0.3) is 0 Å². The predicted octanol–water partition coefficient (Wildman–Crippen LogP) is 1.87. The van der Waals surface area contributed by atoms with Crippen molar-refractivity contribution < 1.29 is 28.5 Å². The van der Waals surface area contributed by atoms with Crippen LogP contribution in [0.5, 0.6) is 5.75 Å². The second-order valence-corrected chi connectivity index (χ2v) is 5.36. The maximum atomic E-state index is 11.2. The van der Waals surface area contributed by atoms with E-state index in [-0.39, 0.29) is 6.61 Å². The molecule has 0 fully saturated rings. The van der Waals surface area contributed by atoms with Crippen LogP contribution in [-0.4, -0.2) is 44.0 Å². The van der Waals surface area contributed by atoms with Gasteiger partial charge in [-0.1, -0.05) is 17.9 Å². The second-order valence-electron chi connectivity index (χ2n) is 5.36. The van der Waals surface area contributed by atoms with Gasteiger partial charge in [0.15, 0.2) is 0 Å². The van der Waals surface area contributed by atoms with E-state index in [1.807, 2.05) is 24.3 Å². The number of benzene rings is 1. The van der Waals surface area contributed by atoms with Crippen molar-refractivity contribution in [3.63, 3.8) is 0 Å². The van der Waals surface area contributed by atoms with Crippen LogP contribution in [0.3, 0.4) is 0 Å². The fraction of sp³-hybridized carbons (Fsp3) is 0.368. The van der Waals surface area contributed by atoms with Gasteiger partial charge >= 0.3 is 11.9 Å². The summed E-state index contributed by atoms with van der Waals surface area (Å²) in [6.45, 7) is 2.60. The molecule has 6 nitrogen and oxygen atoms in total. The summed E-state index contributed by atoms with van der Waals surface area (Å²) in [7, 11) is 1.59. The Labute approximate surface area is 146 Å². The topological polar surface area (TPSA) is 71.1 Å². The smallest absolute Gasteiger partial charge is 0.303 e. The fourth-order valence-corrected chi connectivity index (χ4v) is 2.22. The summed E-state index contributed by atoms with van der Waals surface area (Å²) in [6.07, 6.45) is 1.68. The summed E-state index contributed by atoms with van der Waals surface area (Å²) < 4.78 is 21.1. The molecule has 0 unspecified atom stereocenters. The lowest BCUT2D eigenvalue weighted by atomic mass is 10.1. The third kappa shape index (κ3) is 5.98. The zero-order valence-corrected chi connectivity index (χ0v) is 14.4. The van der Waals surface area contributed by atoms with Crippen LogP contribution in [0.4, 0.5) is 0 Å². The highest BCUT2D eigenvalue weighted by atomic mass is 16.6. The molecule has 0 radical (unpaired) electrons. The molecule has 132 valence electrons. The molecule has 1 aromatic carbocycles. The molecular formula is C19H20O6. The highest BCUT2D eigenvalue weighted by Crippen LogP contribution is 2.17. The second kappa shape index (κ2) is 8.90. The Morgan fingerprint density at radius 3 is 2.68 bits per heavy atom. The first-order valence-corrected chi connectivity index (χ1v) is 7.78. The Morgan fingerprint density at radius 2 is 2.00 bits per heavy atom. The molecule has 6 heteroatoms. The molecule has 0 aromatic heterocycles. The molecule has 0 N–H and O–H groups in total. The average Bonchev–Trinajstić information content (AvgIpc) is 2.59. The van der Waals surface area contributed by atoms with Crippen molar-refractivity contribution in [3.8, 4) is 17.6 Å². The molecule has 0 saturated heterocycles. The van der Waals surface area contributed by atoms with Gasteiger partial charge in [-0.15, -0.1) is 0 Å². The summed E-state index contributed by atoms with van der Waals surface area (Å²) >= 11 is 0. The zero-order valence-electron chi connectivity index (χ0n) is 14.4. The average molecular weight is 344 g/mol. The molecule has 2 rings (SSSR count). The third-order valence-electron chi connectivity index (χ3n) is 3.34. The molecule has 1 aromatic rings. The maximum Gasteiger partial charge on any atom is 0.303 e. The summed E-state index contributed by atoms with van der Waals surface area (Å²) in [5.74, 6) is 5.84. The Kier molecular flexibility index (Phi) is 6.61. The van der Waals surface area contributed by atoms with Gasteiger partial charge in [-0.05, 0) is 30.4 Å². The fourth-order valence-electron chi connectivity index (χ4n) is 2.22. The number of esters is 2. The van der Waals surface area contributed by atoms with Gasteiger partial charge < -0.3 is 18.9 Å². The van der Waals surface area contributed by atoms with Gasteiger partial charge in [-0.25, -0.2) is 0 Å². The molecule has 0 aliphatic carbocycles. The van der Waals surface area contributed by atoms with Crippen LogP contribution < -0.4 is 4.74 Å². The van der Waals surface area contributed by atoms with Crippen LogP contribution in [0.15, 0.2) is 36.4 Å². The lowest BCUT2D eigenvalue weighted by Crippen LogP contribution is -2.41. The summed E-state index contributed by atoms with van der Waals surface area (Å²) in [6, 6.07) is 7.36. The molecule has 0 amide bonds. The molecule has 1 aliphatic heterocycles. The Hall–Kier alpha value is -2.78. The standard InChI is InChI=1S/C19H20O6/c1-13(20)23-12-19-18(24-14(2)21)10-9-16(25-19)8-7-15-5-4-6-17(11-15)22-3/h4-6,9-11,16,18-19H,12H2,1-3H3/t16-,18-,19-/m1/s1. The number of carbonyl (C=O) groups is 2. The van der Waals surface area contributed by atoms with E-state index >= 15 is 0 Å². The number of ether oxygens (including phenoxy) is 4. The highest BCUT2D eigenvalue weighted by molar-refractivity contribution is 5.67. The first-order chi connectivity index (χ1) is 12.0. The Balaban J connectivity index is 2.10. The van der Waals surface area contributed by atoms with E-state index in [4.69, 9.17) is 18.9 Å². The quantitative estimate of drug-likeness (QED) is 0.472. The van der Waals surface area contributed by atoms with Crippen LogP contribution >= 0.6 is 0 Å². The van der Waals surface area contributed by atoms with Gasteiger partial charge in [0.2, 0.25) is 0 Å². The number of methoxy groups -OCH3 is 1. The van der Waals surface area contributed by atoms with Gasteiger partial charge in [-0.3, -0.25) is 9.59 Å². The molecule has 0 saturated carbocycles. The number of carbonyl (C=O) groups excluding carboxylic acids is 2. The monoisotopic (exact) mass is 344 g/mol. The van der Waals surface area contributed by atoms with Gasteiger partial charge in [0, 0.05) is 19.4 Å². The Bertz CT molecular complexity index is 712. The van der Waals surface area contributed by atoms with Crippen molar-refractivity contribution in [2.45, 2.75) is 32.2 Å². The lowest BCUT2D eigenvalue weighted by Gasteiger charge is -2.29. The van der Waals surface area contributed by atoms with E-state index in [1.165, 1.54) is 13.8 Å². The van der Waals surface area contributed by atoms with Gasteiger partial charge in [0.05, 0.1) is 7.11 Å². The van der Waals surface area contributed by atoms with Crippen molar-refractivity contribution in [2.75, 3.05) is 13.7 Å². The van der Waals surface area contributed by atoms with Crippen molar-refractivity contribution in [3.05, 3.63) is 42.0 Å². The van der Waals surface area contributed by atoms with E-state index in [1.54, 1.807) is 19.3 Å². The molecule has 3 atom stereocenters. The highest BCUT2D eigenvalue weighted by Gasteiger charge is 2.29. The minimum atomic E-state index is -0.619. The number of hydrogen-bond donors (Lipinski definition) is 0. The molecular weight excluding hydrogens is 324 g/mol. The summed E-state index contributed by atoms with van der Waals surface area (Å²) in [5, 5.41) is 0. The van der Waals surface area contributed by atoms with Crippen molar-refractivity contribution in [2.24, 2.45) is 0 Å². The number of rotatable bonds is 4. The molecule has 25 heavy (non-hydrogen) atoms. The van der Waals surface area contributed by atoms with Crippen molar-refractivity contribution in [1.82, 2.24) is 0 Å². The van der Waals surface area contributed by atoms with E-state index in [9.17, 15) is 9.59 Å². The van der Waals surface area contributed by atoms with E-state index in [0.29, 0.717) is 0 Å². The summed E-state index contributed by atoms with van der Waals surface area (Å²) in [4.78, 5) is 22.2. The maximum absolute atomic E-state index is 11.2. The molecule has 0 spiro atoms. The normalized spacial score (nSPS) is 21.6. The molecule has 1 heterocycles. The predicted molar refractivity (Wildman–Crippen MR) is 89.9 cm³/mol. The number of hydrogen-bond acceptors (Lipinski definition) is 6. The minimum absolute atomic E-state index is 0.0189. The van der Waals surface area contributed by atoms with E-state index in [2.05, 4.69) is 11.8 Å². The SMILES string of the molecule is COc1cccc(C#C[C@@H]2C=C[C@@H](OC(C)=O)[C@@H](COC(C)=O)O2)c1. The third-order valence-corrected chi connectivity index (χ3v) is 3.34. The van der Waals surface area contributed by atoms with Crippen LogP contribution in [0.1, 0.15) is 19.4 Å².